The van der Waals surface area contributed by atoms with Crippen molar-refractivity contribution in [3.8, 4) is 0 Å². The summed E-state index contributed by atoms with van der Waals surface area (Å²) >= 11 is 0. The van der Waals surface area contributed by atoms with Crippen molar-refractivity contribution in [2.75, 3.05) is 10.6 Å². The Morgan fingerprint density at radius 1 is 1.00 bits per heavy atom. The van der Waals surface area contributed by atoms with E-state index in [2.05, 4.69) is 15.4 Å². The maximum absolute atomic E-state index is 13.6. The van der Waals surface area contributed by atoms with Gasteiger partial charge in [-0.15, -0.1) is 0 Å². The molecule has 1 heterocycles. The van der Waals surface area contributed by atoms with E-state index in [1.165, 1.54) is 48.7 Å². The summed E-state index contributed by atoms with van der Waals surface area (Å²) in [7, 11) is -3.80. The zero-order chi connectivity index (χ0) is 19.3. The minimum Gasteiger partial charge on any atom is -0.468 e. The number of anilines is 2. The van der Waals surface area contributed by atoms with Crippen molar-refractivity contribution in [2.45, 2.75) is 11.4 Å². The van der Waals surface area contributed by atoms with Crippen LogP contribution in [-0.2, 0) is 16.6 Å². The molecule has 3 aromatic rings. The molecule has 9 heteroatoms. The zero-order valence-corrected chi connectivity index (χ0v) is 14.8. The number of hydrogen-bond donors (Lipinski definition) is 3. The van der Waals surface area contributed by atoms with Crippen LogP contribution in [0.3, 0.4) is 0 Å². The number of urea groups is 1. The van der Waals surface area contributed by atoms with Crippen LogP contribution in [0.1, 0.15) is 5.76 Å². The fraction of sp³-hybridized carbons (Fsp3) is 0.0556. The van der Waals surface area contributed by atoms with Crippen molar-refractivity contribution >= 4 is 27.4 Å². The summed E-state index contributed by atoms with van der Waals surface area (Å²) in [5, 5.41) is 4.83. The number of benzene rings is 2. The first-order valence-corrected chi connectivity index (χ1v) is 9.37. The highest BCUT2D eigenvalue weighted by Gasteiger charge is 2.15. The molecule has 0 atom stereocenters. The second-order valence-corrected chi connectivity index (χ2v) is 7.26. The minimum absolute atomic E-state index is 0.000754. The number of sulfonamides is 1. The van der Waals surface area contributed by atoms with Gasteiger partial charge in [0, 0.05) is 5.69 Å². The Morgan fingerprint density at radius 2 is 1.81 bits per heavy atom. The third-order valence-corrected chi connectivity index (χ3v) is 4.94. The van der Waals surface area contributed by atoms with Gasteiger partial charge < -0.3 is 15.1 Å². The fourth-order valence-electron chi connectivity index (χ4n) is 2.25. The Balaban J connectivity index is 1.67. The molecule has 7 nitrogen and oxygen atoms in total. The van der Waals surface area contributed by atoms with Gasteiger partial charge in [-0.2, -0.15) is 0 Å². The molecule has 3 rings (SSSR count). The van der Waals surface area contributed by atoms with E-state index in [0.29, 0.717) is 5.76 Å². The molecule has 0 aliphatic heterocycles. The molecule has 0 aliphatic carbocycles. The van der Waals surface area contributed by atoms with Crippen molar-refractivity contribution in [1.82, 2.24) is 4.72 Å². The Kier molecular flexibility index (Phi) is 5.53. The smallest absolute Gasteiger partial charge is 0.323 e. The summed E-state index contributed by atoms with van der Waals surface area (Å²) in [6.45, 7) is 0.000754. The third-order valence-electron chi connectivity index (χ3n) is 3.54. The first kappa shape index (κ1) is 18.6. The van der Waals surface area contributed by atoms with E-state index in [1.807, 2.05) is 0 Å². The molecular weight excluding hydrogens is 373 g/mol. The van der Waals surface area contributed by atoms with Crippen molar-refractivity contribution in [3.63, 3.8) is 0 Å². The number of carbonyl (C=O) groups excluding carboxylic acids is 1. The summed E-state index contributed by atoms with van der Waals surface area (Å²) in [4.78, 5) is 12.0. The molecule has 0 spiro atoms. The van der Waals surface area contributed by atoms with Crippen LogP contribution in [0.15, 0.2) is 76.2 Å². The molecule has 140 valence electrons. The average Bonchev–Trinajstić information content (AvgIpc) is 3.16. The van der Waals surface area contributed by atoms with Crippen molar-refractivity contribution in [3.05, 3.63) is 78.5 Å². The Bertz CT molecular complexity index is 1040. The van der Waals surface area contributed by atoms with Gasteiger partial charge in [-0.05, 0) is 42.5 Å². The highest BCUT2D eigenvalue weighted by Crippen LogP contribution is 2.17. The summed E-state index contributed by atoms with van der Waals surface area (Å²) < 4.78 is 45.8. The molecule has 0 saturated carbocycles. The van der Waals surface area contributed by atoms with E-state index in [0.717, 1.165) is 0 Å². The van der Waals surface area contributed by atoms with Crippen LogP contribution >= 0.6 is 0 Å². The number of hydrogen-bond acceptors (Lipinski definition) is 4. The van der Waals surface area contributed by atoms with Gasteiger partial charge in [-0.3, -0.25) is 0 Å². The van der Waals surface area contributed by atoms with Crippen LogP contribution in [-0.4, -0.2) is 14.4 Å². The van der Waals surface area contributed by atoms with Gasteiger partial charge in [0.2, 0.25) is 10.0 Å². The number of rotatable bonds is 6. The SMILES string of the molecule is O=C(Nc1cccc(S(=O)(=O)NCc2ccco2)c1)Nc1ccccc1F. The number of nitrogens with one attached hydrogen (secondary N) is 3. The van der Waals surface area contributed by atoms with E-state index >= 15 is 0 Å². The lowest BCUT2D eigenvalue weighted by atomic mass is 10.3. The maximum Gasteiger partial charge on any atom is 0.323 e. The van der Waals surface area contributed by atoms with E-state index in [-0.39, 0.29) is 22.8 Å². The number of halogens is 1. The predicted molar refractivity (Wildman–Crippen MR) is 98.2 cm³/mol. The average molecular weight is 389 g/mol. The summed E-state index contributed by atoms with van der Waals surface area (Å²) in [5.74, 6) is -0.108. The predicted octanol–water partition coefficient (Wildman–Crippen LogP) is 3.54. The fourth-order valence-corrected chi connectivity index (χ4v) is 3.29. The molecule has 1 aromatic heterocycles. The molecular formula is C18H16FN3O4S. The second kappa shape index (κ2) is 8.02. The van der Waals surface area contributed by atoms with E-state index in [1.54, 1.807) is 18.2 Å². The highest BCUT2D eigenvalue weighted by atomic mass is 32.2. The van der Waals surface area contributed by atoms with Gasteiger partial charge in [0.15, 0.2) is 0 Å². The standard InChI is InChI=1S/C18H16FN3O4S/c19-16-8-1-2-9-17(16)22-18(23)21-13-5-3-7-15(11-13)27(24,25)20-12-14-6-4-10-26-14/h1-11,20H,12H2,(H2,21,22,23). The number of carbonyl (C=O) groups is 1. The van der Waals surface area contributed by atoms with Crippen LogP contribution in [0.25, 0.3) is 0 Å². The number of amides is 2. The lowest BCUT2D eigenvalue weighted by Gasteiger charge is -2.10. The van der Waals surface area contributed by atoms with Crippen molar-refractivity contribution < 1.29 is 22.0 Å². The first-order chi connectivity index (χ1) is 12.9. The largest absolute Gasteiger partial charge is 0.468 e. The van der Waals surface area contributed by atoms with Gasteiger partial charge in [-0.25, -0.2) is 22.3 Å². The minimum atomic E-state index is -3.80. The van der Waals surface area contributed by atoms with Crippen LogP contribution in [0, 0.1) is 5.82 Å². The van der Waals surface area contributed by atoms with E-state index in [9.17, 15) is 17.6 Å². The maximum atomic E-state index is 13.6. The monoisotopic (exact) mass is 389 g/mol. The zero-order valence-electron chi connectivity index (χ0n) is 14.0. The first-order valence-electron chi connectivity index (χ1n) is 7.89. The van der Waals surface area contributed by atoms with Crippen molar-refractivity contribution in [2.24, 2.45) is 0 Å². The van der Waals surface area contributed by atoms with Gasteiger partial charge in [0.05, 0.1) is 23.4 Å². The quantitative estimate of drug-likeness (QED) is 0.600. The molecule has 0 radical (unpaired) electrons. The van der Waals surface area contributed by atoms with Crippen molar-refractivity contribution in [1.29, 1.82) is 0 Å². The molecule has 2 amide bonds. The van der Waals surface area contributed by atoms with Crippen LogP contribution in [0.4, 0.5) is 20.6 Å². The van der Waals surface area contributed by atoms with E-state index in [4.69, 9.17) is 4.42 Å². The van der Waals surface area contributed by atoms with Gasteiger partial charge in [-0.1, -0.05) is 18.2 Å². The lowest BCUT2D eigenvalue weighted by molar-refractivity contribution is 0.262. The topological polar surface area (TPSA) is 100 Å². The Hall–Kier alpha value is -3.17. The van der Waals surface area contributed by atoms with Gasteiger partial charge in [0.25, 0.3) is 0 Å². The molecule has 2 aromatic carbocycles. The third kappa shape index (κ3) is 4.93. The summed E-state index contributed by atoms with van der Waals surface area (Å²) in [6.07, 6.45) is 1.45. The molecule has 0 bridgehead atoms. The Labute approximate surface area is 155 Å². The normalized spacial score (nSPS) is 11.1. The van der Waals surface area contributed by atoms with Crippen LogP contribution in [0.2, 0.25) is 0 Å². The van der Waals surface area contributed by atoms with Gasteiger partial charge >= 0.3 is 6.03 Å². The summed E-state index contributed by atoms with van der Waals surface area (Å²) in [5.41, 5.74) is 0.253. The number of furan rings is 1. The van der Waals surface area contributed by atoms with Crippen LogP contribution < -0.4 is 15.4 Å². The second-order valence-electron chi connectivity index (χ2n) is 5.49. The molecule has 0 aliphatic rings. The molecule has 0 fully saturated rings. The highest BCUT2D eigenvalue weighted by molar-refractivity contribution is 7.89. The van der Waals surface area contributed by atoms with E-state index < -0.39 is 21.9 Å². The lowest BCUT2D eigenvalue weighted by Crippen LogP contribution is -2.24. The molecule has 0 unspecified atom stereocenters. The molecule has 27 heavy (non-hydrogen) atoms. The van der Waals surface area contributed by atoms with Crippen LogP contribution in [0.5, 0.6) is 0 Å². The summed E-state index contributed by atoms with van der Waals surface area (Å²) in [6, 6.07) is 14.0. The molecule has 0 saturated heterocycles. The molecule has 3 N–H and O–H groups in total. The number of para-hydroxylation sites is 1. The Morgan fingerprint density at radius 3 is 2.56 bits per heavy atom. The van der Waals surface area contributed by atoms with Gasteiger partial charge in [0.1, 0.15) is 11.6 Å².